The number of anilines is 1. The minimum atomic E-state index is -0.663. The first-order valence-corrected chi connectivity index (χ1v) is 7.47. The second-order valence-corrected chi connectivity index (χ2v) is 5.95. The van der Waals surface area contributed by atoms with Crippen molar-refractivity contribution in [1.29, 1.82) is 0 Å². The molecule has 0 saturated carbocycles. The summed E-state index contributed by atoms with van der Waals surface area (Å²) < 4.78 is 4.64. The Hall–Kier alpha value is -2.45. The molecule has 9 heteroatoms. The van der Waals surface area contributed by atoms with Gasteiger partial charge in [-0.1, -0.05) is 11.6 Å². The number of benzene rings is 1. The van der Waals surface area contributed by atoms with Gasteiger partial charge in [0.25, 0.3) is 11.6 Å². The van der Waals surface area contributed by atoms with Gasteiger partial charge in [-0.15, -0.1) is 11.3 Å². The highest BCUT2D eigenvalue weighted by Crippen LogP contribution is 2.29. The van der Waals surface area contributed by atoms with Gasteiger partial charge >= 0.3 is 5.97 Å². The molecule has 2 aromatic rings. The number of nitrogens with one attached hydrogen (secondary N) is 1. The Morgan fingerprint density at radius 2 is 2.04 bits per heavy atom. The predicted molar refractivity (Wildman–Crippen MR) is 86.5 cm³/mol. The summed E-state index contributed by atoms with van der Waals surface area (Å²) in [6.07, 6.45) is 0. The van der Waals surface area contributed by atoms with Crippen molar-refractivity contribution in [3.05, 3.63) is 55.4 Å². The van der Waals surface area contributed by atoms with Gasteiger partial charge in [-0.05, 0) is 30.7 Å². The molecule has 1 aromatic heterocycles. The fourth-order valence-corrected chi connectivity index (χ4v) is 2.99. The lowest BCUT2D eigenvalue weighted by Crippen LogP contribution is -2.11. The number of nitro groups is 1. The molecule has 0 radical (unpaired) electrons. The Morgan fingerprint density at radius 3 is 2.65 bits per heavy atom. The van der Waals surface area contributed by atoms with Crippen molar-refractivity contribution in [3.63, 3.8) is 0 Å². The number of methoxy groups -OCH3 is 1. The number of nitrogens with zero attached hydrogens (tertiary/aromatic N) is 1. The van der Waals surface area contributed by atoms with Gasteiger partial charge in [0.05, 0.1) is 17.0 Å². The van der Waals surface area contributed by atoms with Crippen LogP contribution in [0.15, 0.2) is 24.3 Å². The molecule has 0 aliphatic rings. The second-order valence-electron chi connectivity index (χ2n) is 4.49. The van der Waals surface area contributed by atoms with E-state index in [0.29, 0.717) is 15.4 Å². The van der Waals surface area contributed by atoms with Crippen LogP contribution in [0.2, 0.25) is 5.02 Å². The third kappa shape index (κ3) is 3.66. The summed E-state index contributed by atoms with van der Waals surface area (Å²) in [5.41, 5.74) is 0.405. The highest BCUT2D eigenvalue weighted by atomic mass is 35.5. The van der Waals surface area contributed by atoms with Crippen LogP contribution in [0.1, 0.15) is 25.6 Å². The zero-order chi connectivity index (χ0) is 17.1. The molecule has 2 rings (SSSR count). The van der Waals surface area contributed by atoms with Gasteiger partial charge in [-0.3, -0.25) is 14.9 Å². The van der Waals surface area contributed by atoms with E-state index < -0.39 is 16.8 Å². The lowest BCUT2D eigenvalue weighted by molar-refractivity contribution is -0.384. The van der Waals surface area contributed by atoms with Gasteiger partial charge in [-0.25, -0.2) is 4.79 Å². The highest BCUT2D eigenvalue weighted by Gasteiger charge is 2.18. The SMILES string of the molecule is COC(=O)c1sc(NC(=O)c2ccc(Cl)c([N+](=O)[O-])c2)cc1C. The van der Waals surface area contributed by atoms with Crippen LogP contribution in [0.3, 0.4) is 0 Å². The number of hydrogen-bond donors (Lipinski definition) is 1. The Morgan fingerprint density at radius 1 is 1.35 bits per heavy atom. The van der Waals surface area contributed by atoms with Crippen molar-refractivity contribution in [2.24, 2.45) is 0 Å². The Bertz CT molecular complexity index is 802. The van der Waals surface area contributed by atoms with Crippen molar-refractivity contribution in [1.82, 2.24) is 0 Å². The fraction of sp³-hybridized carbons (Fsp3) is 0.143. The molecule has 1 heterocycles. The molecular formula is C14H11ClN2O5S. The van der Waals surface area contributed by atoms with E-state index in [0.717, 1.165) is 17.4 Å². The van der Waals surface area contributed by atoms with E-state index in [-0.39, 0.29) is 16.3 Å². The molecule has 0 saturated heterocycles. The van der Waals surface area contributed by atoms with Crippen molar-refractivity contribution in [2.45, 2.75) is 6.92 Å². The zero-order valence-electron chi connectivity index (χ0n) is 12.1. The molecule has 0 aliphatic heterocycles. The van der Waals surface area contributed by atoms with Crippen LogP contribution in [0.5, 0.6) is 0 Å². The Kier molecular flexibility index (Phi) is 4.97. The summed E-state index contributed by atoms with van der Waals surface area (Å²) in [5, 5.41) is 13.8. The number of aryl methyl sites for hydroxylation is 1. The number of halogens is 1. The van der Waals surface area contributed by atoms with Gasteiger partial charge in [0.1, 0.15) is 9.90 Å². The topological polar surface area (TPSA) is 98.5 Å². The molecule has 0 aliphatic carbocycles. The molecule has 7 nitrogen and oxygen atoms in total. The maximum Gasteiger partial charge on any atom is 0.348 e. The van der Waals surface area contributed by atoms with E-state index in [4.69, 9.17) is 11.6 Å². The van der Waals surface area contributed by atoms with Gasteiger partial charge in [-0.2, -0.15) is 0 Å². The summed E-state index contributed by atoms with van der Waals surface area (Å²) in [4.78, 5) is 34.3. The van der Waals surface area contributed by atoms with Crippen molar-refractivity contribution in [2.75, 3.05) is 12.4 Å². The lowest BCUT2D eigenvalue weighted by Gasteiger charge is -2.03. The minimum absolute atomic E-state index is 0.0495. The van der Waals surface area contributed by atoms with E-state index in [1.807, 2.05) is 0 Å². The number of carbonyl (C=O) groups is 2. The molecule has 0 bridgehead atoms. The van der Waals surface area contributed by atoms with Crippen molar-refractivity contribution >= 4 is 45.5 Å². The number of carbonyl (C=O) groups excluding carboxylic acids is 2. The van der Waals surface area contributed by atoms with Gasteiger partial charge in [0.15, 0.2) is 0 Å². The normalized spacial score (nSPS) is 10.2. The second kappa shape index (κ2) is 6.76. The van der Waals surface area contributed by atoms with Crippen molar-refractivity contribution in [3.8, 4) is 0 Å². The first-order valence-electron chi connectivity index (χ1n) is 6.27. The maximum atomic E-state index is 12.2. The van der Waals surface area contributed by atoms with Crippen LogP contribution in [-0.4, -0.2) is 23.9 Å². The van der Waals surface area contributed by atoms with E-state index >= 15 is 0 Å². The van der Waals surface area contributed by atoms with Crippen LogP contribution in [-0.2, 0) is 4.74 Å². The number of rotatable bonds is 4. The van der Waals surface area contributed by atoms with E-state index in [1.54, 1.807) is 13.0 Å². The monoisotopic (exact) mass is 354 g/mol. The molecule has 1 aromatic carbocycles. The lowest BCUT2D eigenvalue weighted by atomic mass is 10.2. The molecule has 1 N–H and O–H groups in total. The van der Waals surface area contributed by atoms with Gasteiger partial charge < -0.3 is 10.1 Å². The molecule has 0 unspecified atom stereocenters. The maximum absolute atomic E-state index is 12.2. The van der Waals surface area contributed by atoms with Crippen LogP contribution >= 0.6 is 22.9 Å². The number of hydrogen-bond acceptors (Lipinski definition) is 6. The van der Waals surface area contributed by atoms with Crippen LogP contribution < -0.4 is 5.32 Å². The minimum Gasteiger partial charge on any atom is -0.465 e. The van der Waals surface area contributed by atoms with Crippen LogP contribution in [0.4, 0.5) is 10.7 Å². The molecule has 0 atom stereocenters. The highest BCUT2D eigenvalue weighted by molar-refractivity contribution is 7.18. The zero-order valence-corrected chi connectivity index (χ0v) is 13.7. The summed E-state index contributed by atoms with van der Waals surface area (Å²) in [6.45, 7) is 1.71. The average Bonchev–Trinajstić information content (AvgIpc) is 2.87. The number of amides is 1. The molecular weight excluding hydrogens is 344 g/mol. The Balaban J connectivity index is 2.24. The van der Waals surface area contributed by atoms with Gasteiger partial charge in [0, 0.05) is 11.6 Å². The standard InChI is InChI=1S/C14H11ClN2O5S/c1-7-5-11(23-12(7)14(19)22-2)16-13(18)8-3-4-9(15)10(6-8)17(20)21/h3-6H,1-2H3,(H,16,18). The molecule has 0 spiro atoms. The van der Waals surface area contributed by atoms with Crippen LogP contribution in [0.25, 0.3) is 0 Å². The van der Waals surface area contributed by atoms with E-state index in [2.05, 4.69) is 10.1 Å². The summed E-state index contributed by atoms with van der Waals surface area (Å²) in [6, 6.07) is 5.39. The third-order valence-corrected chi connectivity index (χ3v) is 4.38. The fourth-order valence-electron chi connectivity index (χ4n) is 1.82. The summed E-state index contributed by atoms with van der Waals surface area (Å²) in [5.74, 6) is -1.03. The molecule has 0 fully saturated rings. The first kappa shape index (κ1) is 16.9. The number of esters is 1. The number of ether oxygens (including phenoxy) is 1. The smallest absolute Gasteiger partial charge is 0.348 e. The van der Waals surface area contributed by atoms with Crippen LogP contribution in [0, 0.1) is 17.0 Å². The number of nitro benzene ring substituents is 1. The quantitative estimate of drug-likeness (QED) is 0.513. The first-order chi connectivity index (χ1) is 10.8. The number of thiophene rings is 1. The summed E-state index contributed by atoms with van der Waals surface area (Å²) in [7, 11) is 1.27. The largest absolute Gasteiger partial charge is 0.465 e. The molecule has 23 heavy (non-hydrogen) atoms. The predicted octanol–water partition coefficient (Wildman–Crippen LogP) is 3.66. The van der Waals surface area contributed by atoms with Gasteiger partial charge in [0.2, 0.25) is 0 Å². The molecule has 1 amide bonds. The van der Waals surface area contributed by atoms with Crippen molar-refractivity contribution < 1.29 is 19.2 Å². The van der Waals surface area contributed by atoms with E-state index in [9.17, 15) is 19.7 Å². The molecule has 120 valence electrons. The average molecular weight is 355 g/mol. The van der Waals surface area contributed by atoms with E-state index in [1.165, 1.54) is 19.2 Å². The third-order valence-electron chi connectivity index (χ3n) is 2.93. The summed E-state index contributed by atoms with van der Waals surface area (Å²) >= 11 is 6.77. The Labute approximate surface area is 140 Å².